The molecule has 0 aromatic heterocycles. The van der Waals surface area contributed by atoms with Crippen LogP contribution in [-0.2, 0) is 13.8 Å². The highest BCUT2D eigenvalue weighted by Gasteiger charge is 2.24. The summed E-state index contributed by atoms with van der Waals surface area (Å²) >= 11 is 0. The van der Waals surface area contributed by atoms with Crippen LogP contribution in [0.3, 0.4) is 0 Å². The number of methoxy groups -OCH3 is 1. The van der Waals surface area contributed by atoms with Crippen LogP contribution in [0.25, 0.3) is 0 Å². The summed E-state index contributed by atoms with van der Waals surface area (Å²) in [6.45, 7) is 7.35. The molecule has 0 aliphatic heterocycles. The Hall–Kier alpha value is -1.11. The second-order valence-corrected chi connectivity index (χ2v) is 8.18. The van der Waals surface area contributed by atoms with Gasteiger partial charge in [0.25, 0.3) is 15.0 Å². The molecule has 0 spiro atoms. The lowest BCUT2D eigenvalue weighted by molar-refractivity contribution is 0.0819. The molecule has 1 N–H and O–H groups in total. The zero-order valence-electron chi connectivity index (χ0n) is 12.8. The highest BCUT2D eigenvalue weighted by Crippen LogP contribution is 2.24. The van der Waals surface area contributed by atoms with Gasteiger partial charge in [-0.05, 0) is 44.9 Å². The lowest BCUT2D eigenvalue weighted by Gasteiger charge is -2.25. The molecule has 0 atom stereocenters. The van der Waals surface area contributed by atoms with Crippen molar-refractivity contribution in [2.75, 3.05) is 13.7 Å². The number of hydrogen-bond acceptors (Lipinski definition) is 4. The van der Waals surface area contributed by atoms with Crippen molar-refractivity contribution < 1.29 is 17.9 Å². The molecule has 0 aliphatic rings. The van der Waals surface area contributed by atoms with E-state index in [0.717, 1.165) is 0 Å². The highest BCUT2D eigenvalue weighted by atomic mass is 35.7. The molecule has 21 heavy (non-hydrogen) atoms. The van der Waals surface area contributed by atoms with Gasteiger partial charge in [0, 0.05) is 23.4 Å². The van der Waals surface area contributed by atoms with Crippen LogP contribution in [0.15, 0.2) is 17.0 Å². The van der Waals surface area contributed by atoms with E-state index in [9.17, 15) is 13.2 Å². The molecule has 0 radical (unpaired) electrons. The average Bonchev–Trinajstić information content (AvgIpc) is 2.25. The summed E-state index contributed by atoms with van der Waals surface area (Å²) < 4.78 is 28.1. The molecule has 5 nitrogen and oxygen atoms in total. The van der Waals surface area contributed by atoms with Crippen molar-refractivity contribution in [3.8, 4) is 0 Å². The number of aryl methyl sites for hydroxylation is 2. The number of benzene rings is 1. The van der Waals surface area contributed by atoms with Crippen LogP contribution in [0, 0.1) is 13.8 Å². The second kappa shape index (κ2) is 6.34. The van der Waals surface area contributed by atoms with E-state index < -0.39 is 14.6 Å². The Morgan fingerprint density at radius 3 is 2.33 bits per heavy atom. The third-order valence-corrected chi connectivity index (χ3v) is 4.45. The SMILES string of the molecule is COCC(C)(C)NC(=O)c1cc(S(=O)(=O)Cl)c(C)cc1C. The van der Waals surface area contributed by atoms with Crippen LogP contribution >= 0.6 is 10.7 Å². The van der Waals surface area contributed by atoms with Gasteiger partial charge in [-0.1, -0.05) is 6.07 Å². The summed E-state index contributed by atoms with van der Waals surface area (Å²) in [4.78, 5) is 12.3. The maximum absolute atomic E-state index is 12.3. The normalized spacial score (nSPS) is 12.3. The molecule has 1 aromatic rings. The Kier molecular flexibility index (Phi) is 5.41. The fourth-order valence-corrected chi connectivity index (χ4v) is 3.31. The van der Waals surface area contributed by atoms with Gasteiger partial charge >= 0.3 is 0 Å². The Balaban J connectivity index is 3.22. The predicted octanol–water partition coefficient (Wildman–Crippen LogP) is 2.39. The van der Waals surface area contributed by atoms with Gasteiger partial charge in [-0.15, -0.1) is 0 Å². The number of nitrogens with one attached hydrogen (secondary N) is 1. The molecule has 0 saturated carbocycles. The van der Waals surface area contributed by atoms with Crippen molar-refractivity contribution in [1.82, 2.24) is 5.32 Å². The molecule has 1 rings (SSSR count). The van der Waals surface area contributed by atoms with E-state index in [1.807, 2.05) is 13.8 Å². The maximum Gasteiger partial charge on any atom is 0.261 e. The number of rotatable bonds is 5. The van der Waals surface area contributed by atoms with Gasteiger partial charge in [0.05, 0.1) is 17.0 Å². The van der Waals surface area contributed by atoms with E-state index in [1.54, 1.807) is 27.0 Å². The Bertz CT molecular complexity index is 653. The summed E-state index contributed by atoms with van der Waals surface area (Å²) in [5.74, 6) is -0.365. The van der Waals surface area contributed by atoms with Crippen LogP contribution in [-0.4, -0.2) is 33.6 Å². The Morgan fingerprint density at radius 1 is 1.29 bits per heavy atom. The molecule has 0 aliphatic carbocycles. The van der Waals surface area contributed by atoms with Crippen LogP contribution in [0.4, 0.5) is 0 Å². The van der Waals surface area contributed by atoms with E-state index in [-0.39, 0.29) is 16.4 Å². The summed E-state index contributed by atoms with van der Waals surface area (Å²) in [7, 11) is 3.05. The molecule has 0 heterocycles. The summed E-state index contributed by atoms with van der Waals surface area (Å²) in [5, 5.41) is 2.81. The largest absolute Gasteiger partial charge is 0.382 e. The molecule has 118 valence electrons. The van der Waals surface area contributed by atoms with Gasteiger partial charge in [-0.2, -0.15) is 0 Å². The first-order valence-corrected chi connectivity index (χ1v) is 8.66. The summed E-state index contributed by atoms with van der Waals surface area (Å²) in [6, 6.07) is 2.94. The average molecular weight is 334 g/mol. The third kappa shape index (κ3) is 4.69. The van der Waals surface area contributed by atoms with Gasteiger partial charge in [0.1, 0.15) is 0 Å². The minimum atomic E-state index is -3.89. The van der Waals surface area contributed by atoms with E-state index >= 15 is 0 Å². The van der Waals surface area contributed by atoms with Crippen molar-refractivity contribution in [2.24, 2.45) is 0 Å². The van der Waals surface area contributed by atoms with Crippen LogP contribution < -0.4 is 5.32 Å². The molecular weight excluding hydrogens is 314 g/mol. The van der Waals surface area contributed by atoms with E-state index in [2.05, 4.69) is 5.32 Å². The van der Waals surface area contributed by atoms with Gasteiger partial charge in [0.15, 0.2) is 0 Å². The zero-order chi connectivity index (χ0) is 16.4. The van der Waals surface area contributed by atoms with Crippen molar-refractivity contribution in [3.63, 3.8) is 0 Å². The summed E-state index contributed by atoms with van der Waals surface area (Å²) in [6.07, 6.45) is 0. The van der Waals surface area contributed by atoms with Crippen molar-refractivity contribution in [3.05, 3.63) is 28.8 Å². The molecule has 0 unspecified atom stereocenters. The van der Waals surface area contributed by atoms with Gasteiger partial charge < -0.3 is 10.1 Å². The van der Waals surface area contributed by atoms with Gasteiger partial charge in [-0.25, -0.2) is 8.42 Å². The maximum atomic E-state index is 12.3. The lowest BCUT2D eigenvalue weighted by atomic mass is 10.0. The molecule has 0 saturated heterocycles. The van der Waals surface area contributed by atoms with Crippen molar-refractivity contribution in [2.45, 2.75) is 38.1 Å². The van der Waals surface area contributed by atoms with Gasteiger partial charge in [-0.3, -0.25) is 4.79 Å². The smallest absolute Gasteiger partial charge is 0.261 e. The van der Waals surface area contributed by atoms with Crippen LogP contribution in [0.2, 0.25) is 0 Å². The number of hydrogen-bond donors (Lipinski definition) is 1. The number of ether oxygens (including phenoxy) is 1. The fourth-order valence-electron chi connectivity index (χ4n) is 2.11. The minimum Gasteiger partial charge on any atom is -0.382 e. The molecule has 1 amide bonds. The highest BCUT2D eigenvalue weighted by molar-refractivity contribution is 8.13. The Labute approximate surface area is 130 Å². The standard InChI is InChI=1S/C14H20ClNO4S/c1-9-6-10(2)12(21(15,18)19)7-11(9)13(17)16-14(3,4)8-20-5/h6-7H,8H2,1-5H3,(H,16,17). The number of carbonyl (C=O) groups is 1. The quantitative estimate of drug-likeness (QED) is 0.840. The predicted molar refractivity (Wildman–Crippen MR) is 82.4 cm³/mol. The molecular formula is C14H20ClNO4S. The Morgan fingerprint density at radius 2 is 1.86 bits per heavy atom. The third-order valence-electron chi connectivity index (χ3n) is 2.99. The molecule has 0 bridgehead atoms. The minimum absolute atomic E-state index is 0.0514. The first-order valence-electron chi connectivity index (χ1n) is 6.35. The second-order valence-electron chi connectivity index (χ2n) is 5.64. The van der Waals surface area contributed by atoms with Crippen molar-refractivity contribution in [1.29, 1.82) is 0 Å². The fraction of sp³-hybridized carbons (Fsp3) is 0.500. The number of halogens is 1. The first kappa shape index (κ1) is 17.9. The van der Waals surface area contributed by atoms with Crippen molar-refractivity contribution >= 4 is 25.6 Å². The molecule has 0 fully saturated rings. The van der Waals surface area contributed by atoms with E-state index in [1.165, 1.54) is 6.07 Å². The number of carbonyl (C=O) groups excluding carboxylic acids is 1. The van der Waals surface area contributed by atoms with E-state index in [4.69, 9.17) is 15.4 Å². The molecule has 7 heteroatoms. The summed E-state index contributed by atoms with van der Waals surface area (Å²) in [5.41, 5.74) is 0.907. The van der Waals surface area contributed by atoms with Crippen LogP contribution in [0.1, 0.15) is 35.3 Å². The molecule has 1 aromatic carbocycles. The monoisotopic (exact) mass is 333 g/mol. The number of amides is 1. The first-order chi connectivity index (χ1) is 9.48. The zero-order valence-corrected chi connectivity index (χ0v) is 14.4. The lowest BCUT2D eigenvalue weighted by Crippen LogP contribution is -2.47. The topological polar surface area (TPSA) is 72.5 Å². The van der Waals surface area contributed by atoms with E-state index in [0.29, 0.717) is 17.7 Å². The van der Waals surface area contributed by atoms with Gasteiger partial charge in [0.2, 0.25) is 0 Å². The van der Waals surface area contributed by atoms with Crippen LogP contribution in [0.5, 0.6) is 0 Å².